The molecule has 1 unspecified atom stereocenters. The van der Waals surface area contributed by atoms with Crippen LogP contribution in [-0.2, 0) is 20.8 Å². The van der Waals surface area contributed by atoms with Gasteiger partial charge in [0.1, 0.15) is 24.1 Å². The van der Waals surface area contributed by atoms with Crippen LogP contribution in [0, 0.1) is 0 Å². The highest BCUT2D eigenvalue weighted by atomic mass is 16.5. The molecule has 2 aromatic rings. The van der Waals surface area contributed by atoms with Crippen LogP contribution >= 0.6 is 0 Å². The number of nitrogens with one attached hydrogen (secondary N) is 3. The Labute approximate surface area is 200 Å². The maximum absolute atomic E-state index is 13.1. The first-order chi connectivity index (χ1) is 16.4. The van der Waals surface area contributed by atoms with Gasteiger partial charge in [-0.05, 0) is 31.0 Å². The first-order valence-corrected chi connectivity index (χ1v) is 11.4. The lowest BCUT2D eigenvalue weighted by molar-refractivity contribution is -0.130. The maximum atomic E-state index is 13.1. The molecule has 0 saturated heterocycles. The molecule has 0 saturated carbocycles. The lowest BCUT2D eigenvalue weighted by Crippen LogP contribution is -2.54. The van der Waals surface area contributed by atoms with Crippen molar-refractivity contribution >= 4 is 24.0 Å². The van der Waals surface area contributed by atoms with E-state index in [2.05, 4.69) is 16.0 Å². The molecule has 2 rings (SSSR count). The molecule has 0 aliphatic heterocycles. The number of benzene rings is 2. The number of rotatable bonds is 13. The van der Waals surface area contributed by atoms with E-state index in [1.807, 2.05) is 37.3 Å². The van der Waals surface area contributed by atoms with E-state index in [1.165, 1.54) is 14.0 Å². The van der Waals surface area contributed by atoms with Gasteiger partial charge >= 0.3 is 0 Å². The zero-order valence-electron chi connectivity index (χ0n) is 19.9. The topological polar surface area (TPSA) is 114 Å². The van der Waals surface area contributed by atoms with Crippen LogP contribution < -0.4 is 20.7 Å². The quantitative estimate of drug-likeness (QED) is 0.392. The molecule has 3 atom stereocenters. The van der Waals surface area contributed by atoms with Gasteiger partial charge in [0.25, 0.3) is 5.91 Å². The highest BCUT2D eigenvalue weighted by molar-refractivity contribution is 6.00. The average Bonchev–Trinajstić information content (AvgIpc) is 2.86. The van der Waals surface area contributed by atoms with Gasteiger partial charge in [0.2, 0.25) is 11.8 Å². The van der Waals surface area contributed by atoms with Crippen molar-refractivity contribution in [1.29, 1.82) is 0 Å². The summed E-state index contributed by atoms with van der Waals surface area (Å²) in [6.45, 7) is 3.54. The van der Waals surface area contributed by atoms with Crippen LogP contribution in [0.25, 0.3) is 0 Å². The Morgan fingerprint density at radius 2 is 1.62 bits per heavy atom. The predicted octanol–water partition coefficient (Wildman–Crippen LogP) is 2.41. The molecule has 182 valence electrons. The third kappa shape index (κ3) is 8.03. The van der Waals surface area contributed by atoms with E-state index in [0.717, 1.165) is 18.4 Å². The standard InChI is InChI=1S/C26H33N3O5/c1-4-5-13-20(17-30)28-24(31)18(2)27-26(33)22(16-19-11-7-6-8-12-19)29-25(32)21-14-9-10-15-23(21)34-3/h6-12,14-15,17-18,20,22H,4-5,13,16H2,1-3H3,(H,27,33)(H,28,31)(H,29,32)/t18-,20-,22?/m0/s1. The minimum atomic E-state index is -0.933. The summed E-state index contributed by atoms with van der Waals surface area (Å²) in [6, 6.07) is 13.6. The van der Waals surface area contributed by atoms with Crippen LogP contribution in [0.1, 0.15) is 49.0 Å². The summed E-state index contributed by atoms with van der Waals surface area (Å²) in [5.41, 5.74) is 1.15. The number of amides is 3. The van der Waals surface area contributed by atoms with Gasteiger partial charge in [0, 0.05) is 6.42 Å². The van der Waals surface area contributed by atoms with Crippen LogP contribution in [0.5, 0.6) is 5.75 Å². The van der Waals surface area contributed by atoms with Gasteiger partial charge in [-0.15, -0.1) is 0 Å². The Morgan fingerprint density at radius 1 is 0.941 bits per heavy atom. The van der Waals surface area contributed by atoms with Crippen LogP contribution in [0.4, 0.5) is 0 Å². The molecule has 2 aromatic carbocycles. The van der Waals surface area contributed by atoms with E-state index in [9.17, 15) is 19.2 Å². The normalized spacial score (nSPS) is 13.1. The van der Waals surface area contributed by atoms with E-state index < -0.39 is 35.8 Å². The van der Waals surface area contributed by atoms with E-state index in [0.29, 0.717) is 24.0 Å². The summed E-state index contributed by atoms with van der Waals surface area (Å²) in [5.74, 6) is -1.05. The fourth-order valence-electron chi connectivity index (χ4n) is 3.41. The number of aldehydes is 1. The first kappa shape index (κ1) is 26.6. The first-order valence-electron chi connectivity index (χ1n) is 11.4. The van der Waals surface area contributed by atoms with Gasteiger partial charge in [-0.3, -0.25) is 14.4 Å². The summed E-state index contributed by atoms with van der Waals surface area (Å²) >= 11 is 0. The monoisotopic (exact) mass is 467 g/mol. The molecule has 0 aromatic heterocycles. The summed E-state index contributed by atoms with van der Waals surface area (Å²) < 4.78 is 5.26. The molecule has 0 bridgehead atoms. The van der Waals surface area contributed by atoms with Crippen molar-refractivity contribution in [3.8, 4) is 5.75 Å². The molecule has 0 spiro atoms. The summed E-state index contributed by atoms with van der Waals surface area (Å²) in [4.78, 5) is 49.8. The second-order valence-corrected chi connectivity index (χ2v) is 8.04. The summed E-state index contributed by atoms with van der Waals surface area (Å²) in [6.07, 6.45) is 3.18. The van der Waals surface area contributed by atoms with Gasteiger partial charge < -0.3 is 25.5 Å². The van der Waals surface area contributed by atoms with Crippen LogP contribution in [-0.4, -0.2) is 49.2 Å². The van der Waals surface area contributed by atoms with Crippen LogP contribution in [0.3, 0.4) is 0 Å². The number of hydrogen-bond acceptors (Lipinski definition) is 5. The Balaban J connectivity index is 2.13. The predicted molar refractivity (Wildman–Crippen MR) is 130 cm³/mol. The third-order valence-electron chi connectivity index (χ3n) is 5.37. The van der Waals surface area contributed by atoms with Gasteiger partial charge in [-0.2, -0.15) is 0 Å². The lowest BCUT2D eigenvalue weighted by atomic mass is 10.0. The molecule has 0 aliphatic carbocycles. The molecular formula is C26H33N3O5. The van der Waals surface area contributed by atoms with Crippen molar-refractivity contribution in [1.82, 2.24) is 16.0 Å². The number of ether oxygens (including phenoxy) is 1. The maximum Gasteiger partial charge on any atom is 0.255 e. The highest BCUT2D eigenvalue weighted by Crippen LogP contribution is 2.17. The van der Waals surface area contributed by atoms with Crippen molar-refractivity contribution in [2.24, 2.45) is 0 Å². The van der Waals surface area contributed by atoms with Gasteiger partial charge in [0.15, 0.2) is 0 Å². The van der Waals surface area contributed by atoms with Gasteiger partial charge in [0.05, 0.1) is 18.7 Å². The molecule has 0 radical (unpaired) electrons. The third-order valence-corrected chi connectivity index (χ3v) is 5.37. The molecule has 0 fully saturated rings. The minimum absolute atomic E-state index is 0.232. The second-order valence-electron chi connectivity index (χ2n) is 8.04. The van der Waals surface area contributed by atoms with E-state index >= 15 is 0 Å². The largest absolute Gasteiger partial charge is 0.496 e. The van der Waals surface area contributed by atoms with Crippen molar-refractivity contribution in [3.05, 3.63) is 65.7 Å². The summed E-state index contributed by atoms with van der Waals surface area (Å²) in [7, 11) is 1.47. The molecule has 3 N–H and O–H groups in total. The fourth-order valence-corrected chi connectivity index (χ4v) is 3.41. The van der Waals surface area contributed by atoms with E-state index in [1.54, 1.807) is 24.3 Å². The zero-order valence-corrected chi connectivity index (χ0v) is 19.9. The number of carbonyl (C=O) groups excluding carboxylic acids is 4. The Bertz CT molecular complexity index is 964. The Morgan fingerprint density at radius 3 is 2.26 bits per heavy atom. The molecule has 0 heterocycles. The minimum Gasteiger partial charge on any atom is -0.496 e. The van der Waals surface area contributed by atoms with E-state index in [-0.39, 0.29) is 6.42 Å². The number of carbonyl (C=O) groups is 4. The molecule has 0 aliphatic rings. The molecule has 34 heavy (non-hydrogen) atoms. The van der Waals surface area contributed by atoms with Crippen molar-refractivity contribution in [2.75, 3.05) is 7.11 Å². The fraction of sp³-hybridized carbons (Fsp3) is 0.385. The van der Waals surface area contributed by atoms with Gasteiger partial charge in [-0.1, -0.05) is 62.2 Å². The number of hydrogen-bond donors (Lipinski definition) is 3. The van der Waals surface area contributed by atoms with Crippen LogP contribution in [0.2, 0.25) is 0 Å². The molecule has 8 heteroatoms. The molecule has 8 nitrogen and oxygen atoms in total. The van der Waals surface area contributed by atoms with Crippen molar-refractivity contribution < 1.29 is 23.9 Å². The SMILES string of the molecule is CCCC[C@@H](C=O)NC(=O)[C@H](C)NC(=O)C(Cc1ccccc1)NC(=O)c1ccccc1OC. The van der Waals surface area contributed by atoms with E-state index in [4.69, 9.17) is 4.74 Å². The molecule has 3 amide bonds. The zero-order chi connectivity index (χ0) is 24.9. The van der Waals surface area contributed by atoms with Crippen molar-refractivity contribution in [3.63, 3.8) is 0 Å². The number of para-hydroxylation sites is 1. The Hall–Kier alpha value is -3.68. The van der Waals surface area contributed by atoms with Gasteiger partial charge in [-0.25, -0.2) is 0 Å². The average molecular weight is 468 g/mol. The second kappa shape index (κ2) is 13.8. The Kier molecular flexibility index (Phi) is 10.8. The van der Waals surface area contributed by atoms with Crippen molar-refractivity contribution in [2.45, 2.75) is 57.7 Å². The van der Waals surface area contributed by atoms with Crippen LogP contribution in [0.15, 0.2) is 54.6 Å². The smallest absolute Gasteiger partial charge is 0.255 e. The number of unbranched alkanes of at least 4 members (excludes halogenated alkanes) is 1. The highest BCUT2D eigenvalue weighted by Gasteiger charge is 2.26. The lowest BCUT2D eigenvalue weighted by Gasteiger charge is -2.22. The summed E-state index contributed by atoms with van der Waals surface area (Å²) in [5, 5.41) is 8.07. The molecular weight excluding hydrogens is 434 g/mol. The number of methoxy groups -OCH3 is 1.